The first-order chi connectivity index (χ1) is 5.65. The molecule has 0 radical (unpaired) electrons. The number of rotatable bonds is 2. The van der Waals surface area contributed by atoms with Crippen molar-refractivity contribution in [3.05, 3.63) is 25.1 Å². The van der Waals surface area contributed by atoms with E-state index in [0.717, 1.165) is 7.14 Å². The van der Waals surface area contributed by atoms with Crippen LogP contribution in [0.5, 0.6) is 5.75 Å². The van der Waals surface area contributed by atoms with Gasteiger partial charge >= 0.3 is 0 Å². The Kier molecular flexibility index (Phi) is 4.01. The first-order valence-electron chi connectivity index (χ1n) is 3.42. The second kappa shape index (κ2) is 4.59. The van der Waals surface area contributed by atoms with Gasteiger partial charge in [0.2, 0.25) is 0 Å². The van der Waals surface area contributed by atoms with Crippen molar-refractivity contribution in [2.75, 3.05) is 6.61 Å². The van der Waals surface area contributed by atoms with E-state index in [1.54, 1.807) is 6.07 Å². The van der Waals surface area contributed by atoms with Crippen molar-refractivity contribution < 1.29 is 9.13 Å². The molecule has 0 spiro atoms. The van der Waals surface area contributed by atoms with Crippen LogP contribution in [0.4, 0.5) is 4.39 Å². The second-order valence-electron chi connectivity index (χ2n) is 2.13. The maximum absolute atomic E-state index is 13.1. The molecule has 0 atom stereocenters. The summed E-state index contributed by atoms with van der Waals surface area (Å²) in [6, 6.07) is 3.19. The van der Waals surface area contributed by atoms with Gasteiger partial charge in [0.05, 0.1) is 6.61 Å². The van der Waals surface area contributed by atoms with Gasteiger partial charge in [0, 0.05) is 7.14 Å². The lowest BCUT2D eigenvalue weighted by Gasteiger charge is -2.05. The Hall–Kier alpha value is 0.410. The van der Waals surface area contributed by atoms with Crippen LogP contribution in [0.25, 0.3) is 0 Å². The van der Waals surface area contributed by atoms with E-state index in [1.807, 2.05) is 6.92 Å². The Balaban J connectivity index is 3.05. The molecule has 4 heteroatoms. The molecule has 0 fully saturated rings. The molecule has 1 nitrogen and oxygen atoms in total. The molecule has 66 valence electrons. The number of halogens is 3. The molecule has 0 unspecified atom stereocenters. The lowest BCUT2D eigenvalue weighted by molar-refractivity contribution is 0.321. The zero-order valence-corrected chi connectivity index (χ0v) is 10.7. The quantitative estimate of drug-likeness (QED) is 0.554. The maximum Gasteiger partial charge on any atom is 0.166 e. The first-order valence-corrected chi connectivity index (χ1v) is 5.58. The fourth-order valence-electron chi connectivity index (χ4n) is 0.770. The van der Waals surface area contributed by atoms with Gasteiger partial charge in [0.15, 0.2) is 11.6 Å². The van der Waals surface area contributed by atoms with E-state index in [0.29, 0.717) is 12.4 Å². The van der Waals surface area contributed by atoms with E-state index in [4.69, 9.17) is 4.74 Å². The van der Waals surface area contributed by atoms with Crippen molar-refractivity contribution in [3.63, 3.8) is 0 Å². The van der Waals surface area contributed by atoms with Crippen molar-refractivity contribution in [1.29, 1.82) is 0 Å². The van der Waals surface area contributed by atoms with Gasteiger partial charge < -0.3 is 4.74 Å². The summed E-state index contributed by atoms with van der Waals surface area (Å²) >= 11 is 4.24. The number of hydrogen-bond acceptors (Lipinski definition) is 1. The summed E-state index contributed by atoms with van der Waals surface area (Å²) in [6.07, 6.45) is 0. The number of ether oxygens (including phenoxy) is 1. The standard InChI is InChI=1S/C8H7FI2O/c1-2-12-8-4-7(11)6(10)3-5(8)9/h3-4H,2H2,1H3. The molecule has 0 aliphatic heterocycles. The minimum absolute atomic E-state index is 0.290. The highest BCUT2D eigenvalue weighted by atomic mass is 127. The molecule has 0 amide bonds. The van der Waals surface area contributed by atoms with Crippen molar-refractivity contribution in [1.82, 2.24) is 0 Å². The van der Waals surface area contributed by atoms with Gasteiger partial charge in [-0.2, -0.15) is 0 Å². The first kappa shape index (κ1) is 10.5. The molecule has 12 heavy (non-hydrogen) atoms. The van der Waals surface area contributed by atoms with Crippen LogP contribution in [0.3, 0.4) is 0 Å². The molecular formula is C8H7FI2O. The van der Waals surface area contributed by atoms with Crippen molar-refractivity contribution in [2.24, 2.45) is 0 Å². The van der Waals surface area contributed by atoms with Gasteiger partial charge in [-0.15, -0.1) is 0 Å². The topological polar surface area (TPSA) is 9.23 Å². The minimum atomic E-state index is -0.290. The average Bonchev–Trinajstić information content (AvgIpc) is 2.01. The molecule has 0 saturated carbocycles. The van der Waals surface area contributed by atoms with Crippen molar-refractivity contribution >= 4 is 45.2 Å². The molecule has 0 aliphatic rings. The third kappa shape index (κ3) is 2.45. The van der Waals surface area contributed by atoms with Crippen LogP contribution in [0.15, 0.2) is 12.1 Å². The zero-order valence-electron chi connectivity index (χ0n) is 6.40. The lowest BCUT2D eigenvalue weighted by Crippen LogP contribution is -1.96. The second-order valence-corrected chi connectivity index (χ2v) is 4.45. The largest absolute Gasteiger partial charge is 0.491 e. The van der Waals surface area contributed by atoms with E-state index in [2.05, 4.69) is 45.2 Å². The molecule has 1 aromatic rings. The van der Waals surface area contributed by atoms with Crippen LogP contribution in [0.1, 0.15) is 6.92 Å². The van der Waals surface area contributed by atoms with Crippen LogP contribution in [-0.2, 0) is 0 Å². The van der Waals surface area contributed by atoms with Gasteiger partial charge in [-0.3, -0.25) is 0 Å². The predicted octanol–water partition coefficient (Wildman–Crippen LogP) is 3.43. The van der Waals surface area contributed by atoms with E-state index in [1.165, 1.54) is 6.07 Å². The Morgan fingerprint density at radius 3 is 2.50 bits per heavy atom. The van der Waals surface area contributed by atoms with E-state index >= 15 is 0 Å². The van der Waals surface area contributed by atoms with Crippen LogP contribution >= 0.6 is 45.2 Å². The molecule has 0 aromatic heterocycles. The van der Waals surface area contributed by atoms with Crippen LogP contribution in [-0.4, -0.2) is 6.61 Å². The molecular weight excluding hydrogens is 385 g/mol. The summed E-state index contributed by atoms with van der Waals surface area (Å²) in [5.74, 6) is 0.0454. The SMILES string of the molecule is CCOc1cc(I)c(I)cc1F. The summed E-state index contributed by atoms with van der Waals surface area (Å²) in [5.41, 5.74) is 0. The van der Waals surface area contributed by atoms with Crippen LogP contribution in [0, 0.1) is 13.0 Å². The van der Waals surface area contributed by atoms with E-state index < -0.39 is 0 Å². The normalized spacial score (nSPS) is 10.0. The molecule has 0 saturated heterocycles. The third-order valence-electron chi connectivity index (χ3n) is 1.27. The van der Waals surface area contributed by atoms with Gasteiger partial charge in [0.25, 0.3) is 0 Å². The Morgan fingerprint density at radius 2 is 1.92 bits per heavy atom. The lowest BCUT2D eigenvalue weighted by atomic mass is 10.3. The summed E-state index contributed by atoms with van der Waals surface area (Å²) in [5, 5.41) is 0. The van der Waals surface area contributed by atoms with Crippen molar-refractivity contribution in [2.45, 2.75) is 6.92 Å². The summed E-state index contributed by atoms with van der Waals surface area (Å²) in [7, 11) is 0. The molecule has 0 aliphatic carbocycles. The molecule has 1 aromatic carbocycles. The van der Waals surface area contributed by atoms with E-state index in [9.17, 15) is 4.39 Å². The zero-order chi connectivity index (χ0) is 9.14. The van der Waals surface area contributed by atoms with Gasteiger partial charge in [-0.05, 0) is 64.2 Å². The fourth-order valence-corrected chi connectivity index (χ4v) is 1.64. The molecule has 0 N–H and O–H groups in total. The highest BCUT2D eigenvalue weighted by Crippen LogP contribution is 2.24. The average molecular weight is 392 g/mol. The minimum Gasteiger partial charge on any atom is -0.491 e. The predicted molar refractivity (Wildman–Crippen MR) is 63.0 cm³/mol. The summed E-state index contributed by atoms with van der Waals surface area (Å²) in [6.45, 7) is 2.33. The molecule has 0 heterocycles. The molecule has 0 bridgehead atoms. The smallest absolute Gasteiger partial charge is 0.166 e. The summed E-state index contributed by atoms with van der Waals surface area (Å²) in [4.78, 5) is 0. The van der Waals surface area contributed by atoms with Gasteiger partial charge in [-0.25, -0.2) is 4.39 Å². The number of benzene rings is 1. The van der Waals surface area contributed by atoms with Gasteiger partial charge in [0.1, 0.15) is 0 Å². The van der Waals surface area contributed by atoms with Gasteiger partial charge in [-0.1, -0.05) is 0 Å². The highest BCUT2D eigenvalue weighted by molar-refractivity contribution is 14.1. The summed E-state index contributed by atoms with van der Waals surface area (Å²) < 4.78 is 20.1. The Morgan fingerprint density at radius 1 is 1.33 bits per heavy atom. The molecule has 1 rings (SSSR count). The Bertz CT molecular complexity index is 289. The fraction of sp³-hybridized carbons (Fsp3) is 0.250. The van der Waals surface area contributed by atoms with Crippen LogP contribution in [0.2, 0.25) is 0 Å². The maximum atomic E-state index is 13.1. The monoisotopic (exact) mass is 392 g/mol. The van der Waals surface area contributed by atoms with Crippen molar-refractivity contribution in [3.8, 4) is 5.75 Å². The Labute approximate surface area is 98.0 Å². The van der Waals surface area contributed by atoms with E-state index in [-0.39, 0.29) is 5.82 Å². The highest BCUT2D eigenvalue weighted by Gasteiger charge is 2.06. The third-order valence-corrected chi connectivity index (χ3v) is 4.09. The number of hydrogen-bond donors (Lipinski definition) is 0. The van der Waals surface area contributed by atoms with Crippen LogP contribution < -0.4 is 4.74 Å².